The van der Waals surface area contributed by atoms with Crippen LogP contribution >= 0.6 is 0 Å². The molecule has 23 heavy (non-hydrogen) atoms. The summed E-state index contributed by atoms with van der Waals surface area (Å²) in [6, 6.07) is 0.309. The van der Waals surface area contributed by atoms with Crippen molar-refractivity contribution in [2.45, 2.75) is 39.8 Å². The van der Waals surface area contributed by atoms with Gasteiger partial charge in [0, 0.05) is 0 Å². The number of carboxylic acid groups (broad SMARTS) is 1. The SMILES string of the molecule is CC(C)[C@H]1COC(CN(CC(=O)O)CC2=N[C@@H](C(C)C)CO2)=N1. The van der Waals surface area contributed by atoms with E-state index in [4.69, 9.17) is 14.6 Å². The molecular weight excluding hydrogens is 298 g/mol. The van der Waals surface area contributed by atoms with Crippen LogP contribution in [-0.2, 0) is 14.3 Å². The van der Waals surface area contributed by atoms with Gasteiger partial charge in [-0.2, -0.15) is 0 Å². The zero-order valence-corrected chi connectivity index (χ0v) is 14.4. The molecule has 130 valence electrons. The Morgan fingerprint density at radius 3 is 1.83 bits per heavy atom. The summed E-state index contributed by atoms with van der Waals surface area (Å²) in [5.41, 5.74) is 0. The highest BCUT2D eigenvalue weighted by molar-refractivity contribution is 5.84. The van der Waals surface area contributed by atoms with Gasteiger partial charge in [-0.1, -0.05) is 27.7 Å². The van der Waals surface area contributed by atoms with E-state index in [9.17, 15) is 4.79 Å². The number of carbonyl (C=O) groups is 1. The maximum absolute atomic E-state index is 11.1. The molecule has 0 saturated carbocycles. The van der Waals surface area contributed by atoms with Crippen LogP contribution in [0.1, 0.15) is 27.7 Å². The average Bonchev–Trinajstić information content (AvgIpc) is 3.07. The summed E-state index contributed by atoms with van der Waals surface area (Å²) in [4.78, 5) is 21.9. The van der Waals surface area contributed by atoms with E-state index >= 15 is 0 Å². The van der Waals surface area contributed by atoms with Gasteiger partial charge in [-0.15, -0.1) is 0 Å². The van der Waals surface area contributed by atoms with Gasteiger partial charge in [-0.05, 0) is 11.8 Å². The Bertz CT molecular complexity index is 452. The molecule has 7 nitrogen and oxygen atoms in total. The molecule has 0 unspecified atom stereocenters. The molecular formula is C16H27N3O4. The van der Waals surface area contributed by atoms with E-state index in [0.29, 0.717) is 49.9 Å². The van der Waals surface area contributed by atoms with E-state index in [1.165, 1.54) is 0 Å². The lowest BCUT2D eigenvalue weighted by molar-refractivity contribution is -0.137. The molecule has 0 aromatic rings. The first-order chi connectivity index (χ1) is 10.8. The van der Waals surface area contributed by atoms with Crippen molar-refractivity contribution >= 4 is 17.8 Å². The zero-order valence-electron chi connectivity index (χ0n) is 14.4. The van der Waals surface area contributed by atoms with E-state index in [1.54, 1.807) is 4.90 Å². The first-order valence-electron chi connectivity index (χ1n) is 8.18. The summed E-state index contributed by atoms with van der Waals surface area (Å²) in [6.45, 7) is 10.2. The smallest absolute Gasteiger partial charge is 0.317 e. The number of aliphatic carboxylic acids is 1. The summed E-state index contributed by atoms with van der Waals surface area (Å²) in [5.74, 6) is 1.14. The fourth-order valence-electron chi connectivity index (χ4n) is 2.48. The van der Waals surface area contributed by atoms with Crippen LogP contribution in [0.3, 0.4) is 0 Å². The van der Waals surface area contributed by atoms with Crippen molar-refractivity contribution in [3.8, 4) is 0 Å². The van der Waals surface area contributed by atoms with Gasteiger partial charge in [0.15, 0.2) is 11.8 Å². The molecule has 1 N–H and O–H groups in total. The van der Waals surface area contributed by atoms with Gasteiger partial charge < -0.3 is 14.6 Å². The Kier molecular flexibility index (Phi) is 5.98. The third-order valence-electron chi connectivity index (χ3n) is 4.08. The standard InChI is InChI=1S/C16H27N3O4/c1-10(2)12-8-22-14(17-12)5-19(7-16(20)21)6-15-18-13(9-23-15)11(3)4/h10-13H,5-9H2,1-4H3,(H,20,21)/t12-,13-/m1/s1. The molecule has 0 saturated heterocycles. The highest BCUT2D eigenvalue weighted by Gasteiger charge is 2.27. The largest absolute Gasteiger partial charge is 0.480 e. The molecule has 0 aliphatic carbocycles. The lowest BCUT2D eigenvalue weighted by Crippen LogP contribution is -2.38. The van der Waals surface area contributed by atoms with Crippen LogP contribution in [0.5, 0.6) is 0 Å². The van der Waals surface area contributed by atoms with E-state index in [0.717, 1.165) is 0 Å². The van der Waals surface area contributed by atoms with Crippen LogP contribution in [0, 0.1) is 11.8 Å². The first-order valence-corrected chi connectivity index (χ1v) is 8.18. The average molecular weight is 325 g/mol. The monoisotopic (exact) mass is 325 g/mol. The van der Waals surface area contributed by atoms with Gasteiger partial charge >= 0.3 is 5.97 Å². The fraction of sp³-hybridized carbons (Fsp3) is 0.812. The number of nitrogens with zero attached hydrogens (tertiary/aromatic N) is 3. The summed E-state index contributed by atoms with van der Waals surface area (Å²) in [6.07, 6.45) is 0. The second-order valence-corrected chi connectivity index (χ2v) is 6.83. The number of hydrogen-bond donors (Lipinski definition) is 1. The van der Waals surface area contributed by atoms with E-state index < -0.39 is 5.97 Å². The molecule has 2 heterocycles. The lowest BCUT2D eigenvalue weighted by atomic mass is 10.1. The Labute approximate surface area is 137 Å². The van der Waals surface area contributed by atoms with Crippen molar-refractivity contribution in [1.82, 2.24) is 4.90 Å². The Morgan fingerprint density at radius 1 is 1.09 bits per heavy atom. The molecule has 0 bridgehead atoms. The Morgan fingerprint density at radius 2 is 1.52 bits per heavy atom. The zero-order chi connectivity index (χ0) is 17.0. The van der Waals surface area contributed by atoms with Crippen LogP contribution in [0.15, 0.2) is 9.98 Å². The Hall–Kier alpha value is -1.63. The van der Waals surface area contributed by atoms with Gasteiger partial charge in [0.2, 0.25) is 0 Å². The molecule has 0 aromatic carbocycles. The number of hydrogen-bond acceptors (Lipinski definition) is 6. The predicted molar refractivity (Wildman–Crippen MR) is 88.1 cm³/mol. The minimum absolute atomic E-state index is 0.0938. The number of rotatable bonds is 8. The van der Waals surface area contributed by atoms with Crippen molar-refractivity contribution < 1.29 is 19.4 Å². The second kappa shape index (κ2) is 7.77. The van der Waals surface area contributed by atoms with E-state index in [1.807, 2.05) is 0 Å². The number of ether oxygens (including phenoxy) is 2. The van der Waals surface area contributed by atoms with Crippen molar-refractivity contribution in [3.63, 3.8) is 0 Å². The number of carboxylic acids is 1. The van der Waals surface area contributed by atoms with Gasteiger partial charge in [0.05, 0.1) is 31.7 Å². The summed E-state index contributed by atoms with van der Waals surface area (Å²) in [5, 5.41) is 9.11. The van der Waals surface area contributed by atoms with Crippen LogP contribution < -0.4 is 0 Å². The second-order valence-electron chi connectivity index (χ2n) is 6.83. The van der Waals surface area contributed by atoms with Gasteiger partial charge in [-0.3, -0.25) is 9.69 Å². The topological polar surface area (TPSA) is 83.7 Å². The summed E-state index contributed by atoms with van der Waals surface area (Å²) < 4.78 is 11.2. The maximum Gasteiger partial charge on any atom is 0.317 e. The molecule has 0 aromatic heterocycles. The van der Waals surface area contributed by atoms with Crippen molar-refractivity contribution in [2.75, 3.05) is 32.8 Å². The third kappa shape index (κ3) is 5.20. The molecule has 7 heteroatoms. The normalized spacial score (nSPS) is 24.0. The third-order valence-corrected chi connectivity index (χ3v) is 4.08. The highest BCUT2D eigenvalue weighted by Crippen LogP contribution is 2.16. The first kappa shape index (κ1) is 17.7. The van der Waals surface area contributed by atoms with Crippen molar-refractivity contribution in [3.05, 3.63) is 0 Å². The molecule has 2 atom stereocenters. The molecule has 0 radical (unpaired) electrons. The summed E-state index contributed by atoms with van der Waals surface area (Å²) in [7, 11) is 0. The molecule has 2 aliphatic heterocycles. The maximum atomic E-state index is 11.1. The lowest BCUT2D eigenvalue weighted by Gasteiger charge is -2.19. The predicted octanol–water partition coefficient (Wildman–Crippen LogP) is 1.28. The molecule has 2 aliphatic rings. The van der Waals surface area contributed by atoms with Crippen LogP contribution in [0.2, 0.25) is 0 Å². The molecule has 0 amide bonds. The Balaban J connectivity index is 1.97. The minimum Gasteiger partial charge on any atom is -0.480 e. The molecule has 2 rings (SSSR count). The van der Waals surface area contributed by atoms with Crippen LogP contribution in [0.25, 0.3) is 0 Å². The minimum atomic E-state index is -0.886. The van der Waals surface area contributed by atoms with Gasteiger partial charge in [0.1, 0.15) is 13.2 Å². The molecule has 0 spiro atoms. The van der Waals surface area contributed by atoms with Crippen molar-refractivity contribution in [2.24, 2.45) is 21.8 Å². The quantitative estimate of drug-likeness (QED) is 0.727. The fourth-order valence-corrected chi connectivity index (χ4v) is 2.48. The van der Waals surface area contributed by atoms with Gasteiger partial charge in [0.25, 0.3) is 0 Å². The van der Waals surface area contributed by atoms with Crippen molar-refractivity contribution in [1.29, 1.82) is 0 Å². The van der Waals surface area contributed by atoms with Crippen LogP contribution in [-0.4, -0.2) is 72.7 Å². The van der Waals surface area contributed by atoms with Crippen LogP contribution in [0.4, 0.5) is 0 Å². The van der Waals surface area contributed by atoms with E-state index in [-0.39, 0.29) is 18.6 Å². The summed E-state index contributed by atoms with van der Waals surface area (Å²) >= 11 is 0. The molecule has 0 fully saturated rings. The highest BCUT2D eigenvalue weighted by atomic mass is 16.5. The van der Waals surface area contributed by atoms with Gasteiger partial charge in [-0.25, -0.2) is 9.98 Å². The number of aliphatic imine (C=N–C) groups is 2. The van der Waals surface area contributed by atoms with E-state index in [2.05, 4.69) is 37.7 Å².